The number of nitrogens with zero attached hydrogens (tertiary/aromatic N) is 2. The van der Waals surface area contributed by atoms with Crippen LogP contribution in [0.2, 0.25) is 0 Å². The number of carbonyl (C=O) groups is 1. The lowest BCUT2D eigenvalue weighted by Gasteiger charge is -2.17. The number of hydrogen-bond donors (Lipinski definition) is 1. The Bertz CT molecular complexity index is 400. The van der Waals surface area contributed by atoms with E-state index in [2.05, 4.69) is 9.88 Å². The van der Waals surface area contributed by atoms with E-state index in [9.17, 15) is 4.79 Å². The molecule has 0 unspecified atom stereocenters. The standard InChI is InChI=1S/C11H14N2O3/c1-16-10-8(11(14)15)4-5-9(12-10)13-6-2-3-7-13/h4-5H,2-3,6-7H2,1H3,(H,14,15). The van der Waals surface area contributed by atoms with Crippen molar-refractivity contribution in [2.75, 3.05) is 25.1 Å². The summed E-state index contributed by atoms with van der Waals surface area (Å²) in [4.78, 5) is 17.2. The molecule has 0 bridgehead atoms. The molecule has 1 aromatic rings. The second-order valence-electron chi connectivity index (χ2n) is 3.73. The summed E-state index contributed by atoms with van der Waals surface area (Å²) in [6.45, 7) is 1.95. The van der Waals surface area contributed by atoms with Gasteiger partial charge in [-0.2, -0.15) is 4.98 Å². The summed E-state index contributed by atoms with van der Waals surface area (Å²) >= 11 is 0. The summed E-state index contributed by atoms with van der Waals surface area (Å²) in [5.41, 5.74) is 0.102. The first-order chi connectivity index (χ1) is 7.72. The highest BCUT2D eigenvalue weighted by Gasteiger charge is 2.18. The van der Waals surface area contributed by atoms with Crippen molar-refractivity contribution in [1.29, 1.82) is 0 Å². The van der Waals surface area contributed by atoms with E-state index in [1.165, 1.54) is 7.11 Å². The third-order valence-corrected chi connectivity index (χ3v) is 2.70. The molecule has 1 aliphatic rings. The zero-order valence-corrected chi connectivity index (χ0v) is 9.14. The van der Waals surface area contributed by atoms with Gasteiger partial charge in [-0.25, -0.2) is 4.79 Å². The van der Waals surface area contributed by atoms with Gasteiger partial charge in [-0.1, -0.05) is 0 Å². The van der Waals surface area contributed by atoms with Crippen molar-refractivity contribution in [1.82, 2.24) is 4.98 Å². The number of anilines is 1. The van der Waals surface area contributed by atoms with Crippen molar-refractivity contribution in [2.24, 2.45) is 0 Å². The Hall–Kier alpha value is -1.78. The van der Waals surface area contributed by atoms with Crippen LogP contribution in [0.15, 0.2) is 12.1 Å². The number of rotatable bonds is 3. The van der Waals surface area contributed by atoms with Crippen LogP contribution in [0.25, 0.3) is 0 Å². The molecule has 2 rings (SSSR count). The monoisotopic (exact) mass is 222 g/mol. The third kappa shape index (κ3) is 1.93. The molecule has 5 nitrogen and oxygen atoms in total. The summed E-state index contributed by atoms with van der Waals surface area (Å²) in [6, 6.07) is 3.28. The number of pyridine rings is 1. The minimum absolute atomic E-state index is 0.102. The SMILES string of the molecule is COc1nc(N2CCCC2)ccc1C(=O)O. The van der Waals surface area contributed by atoms with Crippen LogP contribution in [0.1, 0.15) is 23.2 Å². The van der Waals surface area contributed by atoms with Crippen molar-refractivity contribution >= 4 is 11.8 Å². The molecule has 1 aliphatic heterocycles. The lowest BCUT2D eigenvalue weighted by atomic mass is 10.2. The Labute approximate surface area is 93.7 Å². The van der Waals surface area contributed by atoms with Crippen LogP contribution in [-0.2, 0) is 0 Å². The highest BCUT2D eigenvalue weighted by molar-refractivity contribution is 5.90. The first kappa shape index (κ1) is 10.7. The van der Waals surface area contributed by atoms with Crippen molar-refractivity contribution in [3.8, 4) is 5.88 Å². The average molecular weight is 222 g/mol. The maximum absolute atomic E-state index is 10.9. The second-order valence-corrected chi connectivity index (χ2v) is 3.73. The van der Waals surface area contributed by atoms with Gasteiger partial charge in [0.2, 0.25) is 5.88 Å². The first-order valence-corrected chi connectivity index (χ1v) is 5.25. The minimum atomic E-state index is -1.02. The molecule has 16 heavy (non-hydrogen) atoms. The second kappa shape index (κ2) is 4.38. The van der Waals surface area contributed by atoms with Gasteiger partial charge in [0.05, 0.1) is 7.11 Å². The predicted molar refractivity (Wildman–Crippen MR) is 59.2 cm³/mol. The molecule has 0 aromatic carbocycles. The molecule has 0 radical (unpaired) electrons. The number of hydrogen-bond acceptors (Lipinski definition) is 4. The van der Waals surface area contributed by atoms with Crippen LogP contribution in [0.3, 0.4) is 0 Å². The molecular weight excluding hydrogens is 208 g/mol. The maximum atomic E-state index is 10.9. The number of carboxylic acids is 1. The smallest absolute Gasteiger partial charge is 0.341 e. The van der Waals surface area contributed by atoms with E-state index in [1.807, 2.05) is 0 Å². The van der Waals surface area contributed by atoms with E-state index >= 15 is 0 Å². The molecule has 0 amide bonds. The Balaban J connectivity index is 2.32. The lowest BCUT2D eigenvalue weighted by Crippen LogP contribution is -2.19. The molecule has 1 N–H and O–H groups in total. The van der Waals surface area contributed by atoms with Crippen LogP contribution >= 0.6 is 0 Å². The molecule has 5 heteroatoms. The molecule has 2 heterocycles. The largest absolute Gasteiger partial charge is 0.480 e. The molecular formula is C11H14N2O3. The van der Waals surface area contributed by atoms with Crippen LogP contribution in [0.4, 0.5) is 5.82 Å². The van der Waals surface area contributed by atoms with Gasteiger partial charge in [0.25, 0.3) is 0 Å². The molecule has 0 aliphatic carbocycles. The van der Waals surface area contributed by atoms with E-state index in [0.717, 1.165) is 31.7 Å². The Kier molecular flexibility index (Phi) is 2.94. The maximum Gasteiger partial charge on any atom is 0.341 e. The van der Waals surface area contributed by atoms with Gasteiger partial charge >= 0.3 is 5.97 Å². The Morgan fingerprint density at radius 3 is 2.69 bits per heavy atom. The van der Waals surface area contributed by atoms with Gasteiger partial charge in [0.15, 0.2) is 0 Å². The molecule has 1 fully saturated rings. The predicted octanol–water partition coefficient (Wildman–Crippen LogP) is 1.39. The van der Waals surface area contributed by atoms with Gasteiger partial charge in [0, 0.05) is 13.1 Å². The fourth-order valence-corrected chi connectivity index (χ4v) is 1.87. The van der Waals surface area contributed by atoms with Crippen molar-refractivity contribution in [2.45, 2.75) is 12.8 Å². The number of aromatic carboxylic acids is 1. The van der Waals surface area contributed by atoms with Gasteiger partial charge in [-0.3, -0.25) is 0 Å². The van der Waals surface area contributed by atoms with E-state index in [4.69, 9.17) is 9.84 Å². The van der Waals surface area contributed by atoms with E-state index < -0.39 is 5.97 Å². The molecule has 0 saturated carbocycles. The fourth-order valence-electron chi connectivity index (χ4n) is 1.87. The van der Waals surface area contributed by atoms with Gasteiger partial charge in [-0.15, -0.1) is 0 Å². The molecule has 1 saturated heterocycles. The van der Waals surface area contributed by atoms with Crippen molar-refractivity contribution in [3.05, 3.63) is 17.7 Å². The molecule has 1 aromatic heterocycles. The van der Waals surface area contributed by atoms with Crippen LogP contribution in [-0.4, -0.2) is 36.3 Å². The van der Waals surface area contributed by atoms with Gasteiger partial charge < -0.3 is 14.7 Å². The van der Waals surface area contributed by atoms with Crippen LogP contribution < -0.4 is 9.64 Å². The Morgan fingerprint density at radius 2 is 2.12 bits per heavy atom. The summed E-state index contributed by atoms with van der Waals surface area (Å²) in [6.07, 6.45) is 2.31. The Morgan fingerprint density at radius 1 is 1.44 bits per heavy atom. The minimum Gasteiger partial charge on any atom is -0.480 e. The summed E-state index contributed by atoms with van der Waals surface area (Å²) in [5, 5.41) is 8.92. The summed E-state index contributed by atoms with van der Waals surface area (Å²) in [5.74, 6) is -0.0476. The zero-order valence-electron chi connectivity index (χ0n) is 9.14. The van der Waals surface area contributed by atoms with Crippen molar-refractivity contribution < 1.29 is 14.6 Å². The summed E-state index contributed by atoms with van der Waals surface area (Å²) < 4.78 is 4.99. The lowest BCUT2D eigenvalue weighted by molar-refractivity contribution is 0.0692. The van der Waals surface area contributed by atoms with Crippen LogP contribution in [0.5, 0.6) is 5.88 Å². The fraction of sp³-hybridized carbons (Fsp3) is 0.455. The quantitative estimate of drug-likeness (QED) is 0.837. The molecule has 0 atom stereocenters. The number of carboxylic acid groups (broad SMARTS) is 1. The molecule has 86 valence electrons. The molecule has 0 spiro atoms. The van der Waals surface area contributed by atoms with E-state index in [0.29, 0.717) is 0 Å². The van der Waals surface area contributed by atoms with E-state index in [1.54, 1.807) is 12.1 Å². The highest BCUT2D eigenvalue weighted by Crippen LogP contribution is 2.23. The number of ether oxygens (including phenoxy) is 1. The van der Waals surface area contributed by atoms with Gasteiger partial charge in [0.1, 0.15) is 11.4 Å². The van der Waals surface area contributed by atoms with E-state index in [-0.39, 0.29) is 11.4 Å². The van der Waals surface area contributed by atoms with Gasteiger partial charge in [-0.05, 0) is 25.0 Å². The number of aromatic nitrogens is 1. The average Bonchev–Trinajstić information content (AvgIpc) is 2.81. The van der Waals surface area contributed by atoms with Crippen LogP contribution in [0, 0.1) is 0 Å². The normalized spacial score (nSPS) is 15.2. The highest BCUT2D eigenvalue weighted by atomic mass is 16.5. The zero-order chi connectivity index (χ0) is 11.5. The number of methoxy groups -OCH3 is 1. The summed E-state index contributed by atoms with van der Waals surface area (Å²) in [7, 11) is 1.43. The first-order valence-electron chi connectivity index (χ1n) is 5.25. The van der Waals surface area contributed by atoms with Crippen molar-refractivity contribution in [3.63, 3.8) is 0 Å². The third-order valence-electron chi connectivity index (χ3n) is 2.70. The topological polar surface area (TPSA) is 62.7 Å².